The molecule has 2 N–H and O–H groups in total. The number of hydrogen-bond donors (Lipinski definition) is 2. The molecular formula is C22H26FN7O2. The second-order valence-corrected chi connectivity index (χ2v) is 8.27. The summed E-state index contributed by atoms with van der Waals surface area (Å²) in [5.41, 5.74) is 1.41. The molecule has 0 radical (unpaired) electrons. The van der Waals surface area contributed by atoms with Crippen LogP contribution >= 0.6 is 0 Å². The summed E-state index contributed by atoms with van der Waals surface area (Å²) in [6.45, 7) is 6.56. The van der Waals surface area contributed by atoms with Gasteiger partial charge in [-0.25, -0.2) is 14.4 Å². The zero-order valence-corrected chi connectivity index (χ0v) is 18.1. The van der Waals surface area contributed by atoms with Crippen molar-refractivity contribution in [3.63, 3.8) is 0 Å². The van der Waals surface area contributed by atoms with E-state index >= 15 is 0 Å². The first-order valence-corrected chi connectivity index (χ1v) is 11.0. The number of nitrogens with one attached hydrogen (secondary N) is 2. The van der Waals surface area contributed by atoms with Crippen LogP contribution in [0.15, 0.2) is 24.7 Å². The average Bonchev–Trinajstić information content (AvgIpc) is 3.55. The lowest BCUT2D eigenvalue weighted by Gasteiger charge is -2.36. The van der Waals surface area contributed by atoms with E-state index in [1.807, 2.05) is 6.92 Å². The van der Waals surface area contributed by atoms with E-state index < -0.39 is 11.7 Å². The molecule has 1 aliphatic heterocycles. The lowest BCUT2D eigenvalue weighted by atomic mass is 10.1. The van der Waals surface area contributed by atoms with Crippen molar-refractivity contribution in [3.05, 3.63) is 41.7 Å². The first-order chi connectivity index (χ1) is 15.5. The van der Waals surface area contributed by atoms with Crippen LogP contribution in [-0.4, -0.2) is 57.5 Å². The predicted octanol–water partition coefficient (Wildman–Crippen LogP) is 2.41. The Bertz CT molecular complexity index is 1160. The summed E-state index contributed by atoms with van der Waals surface area (Å²) < 4.78 is 21.6. The van der Waals surface area contributed by atoms with Crippen LogP contribution in [0.2, 0.25) is 0 Å². The molecule has 9 nitrogen and oxygen atoms in total. The smallest absolute Gasteiger partial charge is 0.262 e. The minimum Gasteiger partial charge on any atom is -0.477 e. The molecule has 0 bridgehead atoms. The van der Waals surface area contributed by atoms with Crippen molar-refractivity contribution >= 4 is 23.2 Å². The van der Waals surface area contributed by atoms with Gasteiger partial charge >= 0.3 is 0 Å². The highest BCUT2D eigenvalue weighted by Gasteiger charge is 2.38. The predicted molar refractivity (Wildman–Crippen MR) is 118 cm³/mol. The van der Waals surface area contributed by atoms with Crippen LogP contribution in [-0.2, 0) is 0 Å². The first-order valence-electron chi connectivity index (χ1n) is 11.0. The fourth-order valence-corrected chi connectivity index (χ4v) is 4.22. The van der Waals surface area contributed by atoms with Gasteiger partial charge in [-0.15, -0.1) is 0 Å². The Labute approximate surface area is 185 Å². The number of pyridine rings is 1. The fraction of sp³-hybridized carbons (Fsp3) is 0.455. The number of hydrogen-bond acceptors (Lipinski definition) is 7. The van der Waals surface area contributed by atoms with Crippen LogP contribution in [0.3, 0.4) is 0 Å². The van der Waals surface area contributed by atoms with Crippen LogP contribution in [0.25, 0.3) is 5.65 Å². The number of carbonyl (C=O) groups is 1. The highest BCUT2D eigenvalue weighted by Crippen LogP contribution is 2.37. The highest BCUT2D eigenvalue weighted by atomic mass is 19.1. The Balaban J connectivity index is 1.41. The van der Waals surface area contributed by atoms with Crippen LogP contribution in [0, 0.1) is 18.7 Å². The number of halogens is 1. The van der Waals surface area contributed by atoms with Crippen molar-refractivity contribution in [2.45, 2.75) is 32.7 Å². The highest BCUT2D eigenvalue weighted by molar-refractivity contribution is 6.05. The Kier molecular flexibility index (Phi) is 5.38. The Morgan fingerprint density at radius 1 is 1.34 bits per heavy atom. The van der Waals surface area contributed by atoms with Gasteiger partial charge in [0.1, 0.15) is 5.56 Å². The van der Waals surface area contributed by atoms with Crippen LogP contribution in [0.5, 0.6) is 5.88 Å². The molecule has 4 heterocycles. The normalized spacial score (nSPS) is 18.7. The molecule has 2 aliphatic rings. The molecule has 1 atom stereocenters. The monoisotopic (exact) mass is 439 g/mol. The molecule has 1 amide bonds. The molecule has 10 heteroatoms. The molecule has 2 fully saturated rings. The van der Waals surface area contributed by atoms with Gasteiger partial charge in [0.05, 0.1) is 18.0 Å². The molecule has 0 aromatic carbocycles. The van der Waals surface area contributed by atoms with E-state index in [0.717, 1.165) is 19.6 Å². The molecule has 0 spiro atoms. The van der Waals surface area contributed by atoms with Crippen molar-refractivity contribution in [3.8, 4) is 5.88 Å². The molecule has 32 heavy (non-hydrogen) atoms. The zero-order valence-electron chi connectivity index (χ0n) is 18.1. The maximum absolute atomic E-state index is 14.4. The summed E-state index contributed by atoms with van der Waals surface area (Å²) in [5.74, 6) is 0.474. The third kappa shape index (κ3) is 3.97. The molecule has 3 aromatic heterocycles. The summed E-state index contributed by atoms with van der Waals surface area (Å²) in [6, 6.07) is 1.60. The van der Waals surface area contributed by atoms with Gasteiger partial charge in [0.2, 0.25) is 11.8 Å². The Morgan fingerprint density at radius 2 is 2.19 bits per heavy atom. The van der Waals surface area contributed by atoms with Gasteiger partial charge in [-0.3, -0.25) is 4.79 Å². The quantitative estimate of drug-likeness (QED) is 0.609. The first kappa shape index (κ1) is 20.6. The number of rotatable bonds is 6. The van der Waals surface area contributed by atoms with Crippen molar-refractivity contribution in [2.75, 3.05) is 36.5 Å². The summed E-state index contributed by atoms with van der Waals surface area (Å²) >= 11 is 0. The van der Waals surface area contributed by atoms with E-state index in [0.29, 0.717) is 35.9 Å². The number of fused-ring (bicyclic) bond motifs is 1. The molecule has 1 saturated carbocycles. The number of aryl methyl sites for hydroxylation is 1. The summed E-state index contributed by atoms with van der Waals surface area (Å²) in [5, 5.41) is 6.17. The van der Waals surface area contributed by atoms with Crippen LogP contribution < -0.4 is 20.3 Å². The maximum atomic E-state index is 14.4. The minimum absolute atomic E-state index is 0.205. The van der Waals surface area contributed by atoms with Crippen LogP contribution in [0.1, 0.15) is 35.8 Å². The molecule has 3 aromatic rings. The van der Waals surface area contributed by atoms with E-state index in [4.69, 9.17) is 4.74 Å². The third-order valence-electron chi connectivity index (χ3n) is 5.86. The second-order valence-electron chi connectivity index (χ2n) is 8.27. The topological polar surface area (TPSA) is 96.7 Å². The number of ether oxygens (including phenoxy) is 1. The summed E-state index contributed by atoms with van der Waals surface area (Å²) in [7, 11) is 0. The van der Waals surface area contributed by atoms with Crippen molar-refractivity contribution in [1.29, 1.82) is 0 Å². The van der Waals surface area contributed by atoms with Crippen molar-refractivity contribution < 1.29 is 13.9 Å². The van der Waals surface area contributed by atoms with Gasteiger partial charge in [-0.2, -0.15) is 4.98 Å². The molecule has 168 valence electrons. The summed E-state index contributed by atoms with van der Waals surface area (Å²) in [4.78, 5) is 28.4. The van der Waals surface area contributed by atoms with E-state index in [-0.39, 0.29) is 17.1 Å². The van der Waals surface area contributed by atoms with Gasteiger partial charge < -0.3 is 24.7 Å². The zero-order chi connectivity index (χ0) is 22.2. The molecule has 1 saturated heterocycles. The number of aromatic nitrogens is 4. The van der Waals surface area contributed by atoms with E-state index in [1.165, 1.54) is 25.1 Å². The number of carbonyl (C=O) groups excluding carboxylic acids is 1. The Hall–Kier alpha value is -3.27. The number of nitrogens with zero attached hydrogens (tertiary/aromatic N) is 5. The number of piperazine rings is 1. The lowest BCUT2D eigenvalue weighted by molar-refractivity contribution is 0.102. The molecule has 1 unspecified atom stereocenters. The minimum atomic E-state index is -0.516. The number of amides is 1. The van der Waals surface area contributed by atoms with E-state index in [9.17, 15) is 9.18 Å². The molecule has 5 rings (SSSR count). The Morgan fingerprint density at radius 3 is 2.97 bits per heavy atom. The van der Waals surface area contributed by atoms with E-state index in [2.05, 4.69) is 30.5 Å². The lowest BCUT2D eigenvalue weighted by Crippen LogP contribution is -2.53. The molecular weight excluding hydrogens is 413 g/mol. The van der Waals surface area contributed by atoms with Gasteiger partial charge in [0.25, 0.3) is 5.91 Å². The van der Waals surface area contributed by atoms with Gasteiger partial charge in [-0.05, 0) is 32.6 Å². The van der Waals surface area contributed by atoms with Crippen molar-refractivity contribution in [1.82, 2.24) is 24.7 Å². The largest absolute Gasteiger partial charge is 0.477 e. The third-order valence-corrected chi connectivity index (χ3v) is 5.86. The fourth-order valence-electron chi connectivity index (χ4n) is 4.22. The van der Waals surface area contributed by atoms with Gasteiger partial charge in [0, 0.05) is 50.3 Å². The standard InChI is InChI=1S/C22H26FN7O2/c1-3-32-21-16(9-25-22(28-21)30-7-6-24-10-18(30)14-4-5-14)20(31)27-15-8-17(23)19-26-13(2)11-29(19)12-15/h8-9,11-12,14,18,24H,3-7,10H2,1-2H3,(H,27,31). The second kappa shape index (κ2) is 8.34. The van der Waals surface area contributed by atoms with Gasteiger partial charge in [-0.1, -0.05) is 0 Å². The van der Waals surface area contributed by atoms with Crippen molar-refractivity contribution in [2.24, 2.45) is 5.92 Å². The van der Waals surface area contributed by atoms with Gasteiger partial charge in [0.15, 0.2) is 11.5 Å². The number of anilines is 2. The molecule has 1 aliphatic carbocycles. The maximum Gasteiger partial charge on any atom is 0.262 e. The number of imidazole rings is 1. The van der Waals surface area contributed by atoms with Crippen LogP contribution in [0.4, 0.5) is 16.0 Å². The van der Waals surface area contributed by atoms with E-state index in [1.54, 1.807) is 23.7 Å². The summed E-state index contributed by atoms with van der Waals surface area (Å²) in [6.07, 6.45) is 7.25. The SMILES string of the molecule is CCOc1nc(N2CCNCC2C2CC2)ncc1C(=O)Nc1cc(F)c2nc(C)cn2c1. The average molecular weight is 439 g/mol.